The van der Waals surface area contributed by atoms with Crippen LogP contribution in [0.25, 0.3) is 0 Å². The first kappa shape index (κ1) is 13.0. The molecule has 3 heterocycles. The van der Waals surface area contributed by atoms with Crippen molar-refractivity contribution in [3.8, 4) is 0 Å². The van der Waals surface area contributed by atoms with E-state index < -0.39 is 22.4 Å². The Labute approximate surface area is 116 Å². The van der Waals surface area contributed by atoms with Crippen molar-refractivity contribution in [2.75, 3.05) is 13.1 Å². The van der Waals surface area contributed by atoms with Gasteiger partial charge in [0.1, 0.15) is 22.2 Å². The molecule has 2 amide bonds. The minimum absolute atomic E-state index is 0.0108. The number of Topliss-reactive ketones (excluding diaryl/α,β-unsaturated/α-hetero) is 2. The zero-order chi connectivity index (χ0) is 15.0. The standard InChI is InChI=1S/C14H16N2O4/c1-13(2)8(17)7-9(18)14(3,4)12(20)16-6-5-15(10(7)16)11(13)19/h5-6H2,1-4H3. The molecule has 1 saturated heterocycles. The van der Waals surface area contributed by atoms with E-state index in [4.69, 9.17) is 0 Å². The van der Waals surface area contributed by atoms with Crippen LogP contribution in [-0.2, 0) is 19.2 Å². The number of rotatable bonds is 0. The minimum atomic E-state index is -1.25. The molecule has 0 bridgehead atoms. The SMILES string of the molecule is CC1(C)C(=O)C2=C3N(CCN3C(=O)C(C)(C)C2=O)C1=O. The quantitative estimate of drug-likeness (QED) is 0.464. The van der Waals surface area contributed by atoms with Gasteiger partial charge in [-0.15, -0.1) is 0 Å². The van der Waals surface area contributed by atoms with Crippen LogP contribution in [0.15, 0.2) is 11.4 Å². The van der Waals surface area contributed by atoms with Gasteiger partial charge < -0.3 is 0 Å². The van der Waals surface area contributed by atoms with Crippen molar-refractivity contribution in [1.29, 1.82) is 0 Å². The van der Waals surface area contributed by atoms with E-state index in [0.29, 0.717) is 13.1 Å². The number of nitrogens with zero attached hydrogens (tertiary/aromatic N) is 2. The first-order valence-corrected chi connectivity index (χ1v) is 6.59. The summed E-state index contributed by atoms with van der Waals surface area (Å²) in [4.78, 5) is 52.6. The van der Waals surface area contributed by atoms with Crippen LogP contribution in [0.2, 0.25) is 0 Å². The van der Waals surface area contributed by atoms with E-state index in [2.05, 4.69) is 0 Å². The summed E-state index contributed by atoms with van der Waals surface area (Å²) >= 11 is 0. The molecule has 20 heavy (non-hydrogen) atoms. The van der Waals surface area contributed by atoms with Gasteiger partial charge in [-0.25, -0.2) is 0 Å². The van der Waals surface area contributed by atoms with E-state index in [1.54, 1.807) is 0 Å². The first-order valence-electron chi connectivity index (χ1n) is 6.59. The molecule has 3 aliphatic rings. The zero-order valence-electron chi connectivity index (χ0n) is 11.9. The van der Waals surface area contributed by atoms with Crippen molar-refractivity contribution in [3.63, 3.8) is 0 Å². The molecule has 3 aliphatic heterocycles. The zero-order valence-corrected chi connectivity index (χ0v) is 11.9. The Morgan fingerprint density at radius 1 is 0.750 bits per heavy atom. The largest absolute Gasteiger partial charge is 0.295 e. The Bertz CT molecular complexity index is 575. The predicted octanol–water partition coefficient (Wildman–Crippen LogP) is 0.0866. The lowest BCUT2D eigenvalue weighted by Gasteiger charge is -2.42. The van der Waals surface area contributed by atoms with Gasteiger partial charge in [-0.3, -0.25) is 29.0 Å². The molecule has 0 saturated carbocycles. The van der Waals surface area contributed by atoms with Crippen molar-refractivity contribution >= 4 is 23.4 Å². The summed E-state index contributed by atoms with van der Waals surface area (Å²) in [6.45, 7) is 6.79. The van der Waals surface area contributed by atoms with E-state index >= 15 is 0 Å². The average Bonchev–Trinajstić information content (AvgIpc) is 2.79. The van der Waals surface area contributed by atoms with Gasteiger partial charge in [0.25, 0.3) is 0 Å². The van der Waals surface area contributed by atoms with Crippen LogP contribution in [0.1, 0.15) is 27.7 Å². The summed E-state index contributed by atoms with van der Waals surface area (Å²) < 4.78 is 0. The maximum atomic E-state index is 12.6. The van der Waals surface area contributed by atoms with Gasteiger partial charge in [0.2, 0.25) is 11.8 Å². The second-order valence-corrected chi connectivity index (χ2v) is 6.52. The summed E-state index contributed by atoms with van der Waals surface area (Å²) in [6, 6.07) is 0. The minimum Gasteiger partial charge on any atom is -0.295 e. The highest BCUT2D eigenvalue weighted by atomic mass is 16.2. The van der Waals surface area contributed by atoms with Crippen LogP contribution < -0.4 is 0 Å². The lowest BCUT2D eigenvalue weighted by Crippen LogP contribution is -2.58. The van der Waals surface area contributed by atoms with Gasteiger partial charge in [-0.2, -0.15) is 0 Å². The van der Waals surface area contributed by atoms with Crippen LogP contribution in [0.3, 0.4) is 0 Å². The second kappa shape index (κ2) is 3.37. The Balaban J connectivity index is 2.31. The number of carbonyl (C=O) groups excluding carboxylic acids is 4. The van der Waals surface area contributed by atoms with Crippen molar-refractivity contribution < 1.29 is 19.2 Å². The predicted molar refractivity (Wildman–Crippen MR) is 68.0 cm³/mol. The lowest BCUT2D eigenvalue weighted by atomic mass is 9.71. The van der Waals surface area contributed by atoms with Crippen LogP contribution in [0.5, 0.6) is 0 Å². The third-order valence-electron chi connectivity index (χ3n) is 4.43. The fourth-order valence-electron chi connectivity index (χ4n) is 3.02. The highest BCUT2D eigenvalue weighted by Gasteiger charge is 2.60. The van der Waals surface area contributed by atoms with Crippen LogP contribution in [0.4, 0.5) is 0 Å². The molecule has 0 spiro atoms. The van der Waals surface area contributed by atoms with Gasteiger partial charge in [-0.1, -0.05) is 0 Å². The monoisotopic (exact) mass is 276 g/mol. The van der Waals surface area contributed by atoms with E-state index in [1.807, 2.05) is 0 Å². The molecule has 1 fully saturated rings. The summed E-state index contributed by atoms with van der Waals surface area (Å²) in [6.07, 6.45) is 0. The molecular formula is C14H16N2O4. The second-order valence-electron chi connectivity index (χ2n) is 6.52. The van der Waals surface area contributed by atoms with Crippen molar-refractivity contribution in [2.24, 2.45) is 10.8 Å². The van der Waals surface area contributed by atoms with Crippen LogP contribution >= 0.6 is 0 Å². The van der Waals surface area contributed by atoms with Crippen molar-refractivity contribution in [3.05, 3.63) is 11.4 Å². The van der Waals surface area contributed by atoms with Gasteiger partial charge in [0, 0.05) is 13.1 Å². The molecule has 6 heteroatoms. The lowest BCUT2D eigenvalue weighted by molar-refractivity contribution is -0.152. The summed E-state index contributed by atoms with van der Waals surface area (Å²) in [7, 11) is 0. The van der Waals surface area contributed by atoms with Gasteiger partial charge in [0.05, 0.1) is 0 Å². The highest BCUT2D eigenvalue weighted by molar-refractivity contribution is 6.34. The molecule has 3 rings (SSSR count). The maximum absolute atomic E-state index is 12.6. The molecule has 0 atom stereocenters. The van der Waals surface area contributed by atoms with E-state index in [9.17, 15) is 19.2 Å². The topological polar surface area (TPSA) is 74.8 Å². The number of hydrogen-bond donors (Lipinski definition) is 0. The average molecular weight is 276 g/mol. The summed E-state index contributed by atoms with van der Waals surface area (Å²) in [5.74, 6) is -1.45. The molecular weight excluding hydrogens is 260 g/mol. The molecule has 0 unspecified atom stereocenters. The molecule has 0 aromatic heterocycles. The number of hydrogen-bond acceptors (Lipinski definition) is 4. The molecule has 0 aromatic carbocycles. The van der Waals surface area contributed by atoms with E-state index in [-0.39, 0.29) is 23.2 Å². The molecule has 106 valence electrons. The number of carbonyl (C=O) groups is 4. The molecule has 0 aliphatic carbocycles. The molecule has 0 aromatic rings. The Kier molecular flexibility index (Phi) is 2.19. The van der Waals surface area contributed by atoms with Crippen LogP contribution in [0, 0.1) is 10.8 Å². The third kappa shape index (κ3) is 1.19. The highest BCUT2D eigenvalue weighted by Crippen LogP contribution is 2.44. The van der Waals surface area contributed by atoms with E-state index in [1.165, 1.54) is 37.5 Å². The molecule has 0 N–H and O–H groups in total. The summed E-state index contributed by atoms with van der Waals surface area (Å²) in [5.41, 5.74) is -2.49. The fraction of sp³-hybridized carbons (Fsp3) is 0.571. The Hall–Kier alpha value is -1.98. The van der Waals surface area contributed by atoms with Crippen LogP contribution in [-0.4, -0.2) is 46.3 Å². The van der Waals surface area contributed by atoms with Crippen molar-refractivity contribution in [2.45, 2.75) is 27.7 Å². The maximum Gasteiger partial charge on any atom is 0.241 e. The van der Waals surface area contributed by atoms with Gasteiger partial charge in [-0.05, 0) is 27.7 Å². The first-order chi connectivity index (χ1) is 9.11. The molecule has 0 radical (unpaired) electrons. The van der Waals surface area contributed by atoms with Crippen molar-refractivity contribution in [1.82, 2.24) is 9.80 Å². The smallest absolute Gasteiger partial charge is 0.241 e. The summed E-state index contributed by atoms with van der Waals surface area (Å²) in [5, 5.41) is 0. The van der Waals surface area contributed by atoms with Gasteiger partial charge in [0.15, 0.2) is 11.6 Å². The number of allylic oxidation sites excluding steroid dienone is 1. The Morgan fingerprint density at radius 3 is 1.45 bits per heavy atom. The van der Waals surface area contributed by atoms with E-state index in [0.717, 1.165) is 0 Å². The molecule has 6 nitrogen and oxygen atoms in total. The normalized spacial score (nSPS) is 27.4. The number of ketones is 2. The number of amides is 2. The third-order valence-corrected chi connectivity index (χ3v) is 4.43. The van der Waals surface area contributed by atoms with Gasteiger partial charge >= 0.3 is 0 Å². The fourth-order valence-corrected chi connectivity index (χ4v) is 3.02. The Morgan fingerprint density at radius 2 is 1.10 bits per heavy atom.